The summed E-state index contributed by atoms with van der Waals surface area (Å²) in [5.74, 6) is 1.49. The highest BCUT2D eigenvalue weighted by Crippen LogP contribution is 2.32. The largest absolute Gasteiger partial charge is 0.342 e. The molecule has 0 bridgehead atoms. The van der Waals surface area contributed by atoms with Crippen molar-refractivity contribution in [2.24, 2.45) is 11.8 Å². The van der Waals surface area contributed by atoms with Crippen molar-refractivity contribution in [2.45, 2.75) is 46.0 Å². The molecule has 1 saturated carbocycles. The number of piperidine rings is 1. The highest BCUT2D eigenvalue weighted by Gasteiger charge is 2.34. The van der Waals surface area contributed by atoms with Crippen LogP contribution in [-0.2, 0) is 9.59 Å². The predicted molar refractivity (Wildman–Crippen MR) is 103 cm³/mol. The van der Waals surface area contributed by atoms with Crippen molar-refractivity contribution in [3.63, 3.8) is 0 Å². The maximum absolute atomic E-state index is 12.2. The molecular formula is C21H32N3O2+. The van der Waals surface area contributed by atoms with E-state index < -0.39 is 0 Å². The summed E-state index contributed by atoms with van der Waals surface area (Å²) in [6, 6.07) is 5.83. The van der Waals surface area contributed by atoms with Gasteiger partial charge in [0.2, 0.25) is 5.91 Å². The first-order valence-corrected chi connectivity index (χ1v) is 9.99. The summed E-state index contributed by atoms with van der Waals surface area (Å²) in [6.07, 6.45) is 6.68. The first-order chi connectivity index (χ1) is 12.5. The minimum Gasteiger partial charge on any atom is -0.342 e. The molecule has 1 unspecified atom stereocenters. The van der Waals surface area contributed by atoms with Gasteiger partial charge in [0.05, 0.1) is 19.6 Å². The van der Waals surface area contributed by atoms with Crippen LogP contribution in [0, 0.1) is 25.7 Å². The van der Waals surface area contributed by atoms with Gasteiger partial charge in [0.15, 0.2) is 6.54 Å². The Labute approximate surface area is 156 Å². The molecule has 26 heavy (non-hydrogen) atoms. The van der Waals surface area contributed by atoms with Gasteiger partial charge in [-0.15, -0.1) is 0 Å². The zero-order valence-corrected chi connectivity index (χ0v) is 16.1. The van der Waals surface area contributed by atoms with Crippen LogP contribution in [0.4, 0.5) is 5.69 Å². The van der Waals surface area contributed by atoms with E-state index in [0.29, 0.717) is 6.54 Å². The van der Waals surface area contributed by atoms with Gasteiger partial charge in [-0.1, -0.05) is 25.0 Å². The van der Waals surface area contributed by atoms with Gasteiger partial charge in [-0.2, -0.15) is 0 Å². The second kappa shape index (κ2) is 8.67. The number of hydrogen-bond donors (Lipinski definition) is 3. The molecule has 1 saturated heterocycles. The lowest BCUT2D eigenvalue weighted by Crippen LogP contribution is -3.15. The first kappa shape index (κ1) is 18.9. The zero-order chi connectivity index (χ0) is 18.5. The lowest BCUT2D eigenvalue weighted by Gasteiger charge is -2.38. The van der Waals surface area contributed by atoms with Crippen LogP contribution in [0.1, 0.15) is 43.2 Å². The number of benzene rings is 1. The van der Waals surface area contributed by atoms with Crippen LogP contribution in [0.5, 0.6) is 0 Å². The molecular weight excluding hydrogens is 326 g/mol. The fraction of sp³-hybridized carbons (Fsp3) is 0.619. The average Bonchev–Trinajstić information content (AvgIpc) is 2.64. The number of fused-ring (bicyclic) bond motifs is 1. The third-order valence-electron chi connectivity index (χ3n) is 6.22. The van der Waals surface area contributed by atoms with E-state index in [-0.39, 0.29) is 18.4 Å². The van der Waals surface area contributed by atoms with Crippen LogP contribution in [0.25, 0.3) is 0 Å². The SMILES string of the molecule is Cc1cccc(NC(=O)CNC(=O)C[NH+]2CC[C@H]3CCCC[C@@H]3C2)c1C. The molecule has 1 aliphatic carbocycles. The van der Waals surface area contributed by atoms with Gasteiger partial charge in [-0.25, -0.2) is 0 Å². The van der Waals surface area contributed by atoms with Crippen molar-refractivity contribution < 1.29 is 14.5 Å². The fourth-order valence-electron chi connectivity index (χ4n) is 4.51. The lowest BCUT2D eigenvalue weighted by atomic mass is 9.75. The number of likely N-dealkylation sites (tertiary alicyclic amines) is 1. The predicted octanol–water partition coefficient (Wildman–Crippen LogP) is 1.45. The van der Waals surface area contributed by atoms with E-state index in [2.05, 4.69) is 10.6 Å². The number of nitrogens with one attached hydrogen (secondary N) is 3. The van der Waals surface area contributed by atoms with Crippen molar-refractivity contribution in [3.8, 4) is 0 Å². The van der Waals surface area contributed by atoms with Crippen molar-refractivity contribution >= 4 is 17.5 Å². The van der Waals surface area contributed by atoms with Crippen LogP contribution >= 0.6 is 0 Å². The van der Waals surface area contributed by atoms with Gasteiger partial charge in [0, 0.05) is 11.6 Å². The van der Waals surface area contributed by atoms with Crippen molar-refractivity contribution in [2.75, 3.05) is 31.5 Å². The number of aryl methyl sites for hydroxylation is 1. The maximum atomic E-state index is 12.2. The van der Waals surface area contributed by atoms with E-state index >= 15 is 0 Å². The number of quaternary nitrogens is 1. The Morgan fingerprint density at radius 1 is 1.08 bits per heavy atom. The van der Waals surface area contributed by atoms with Crippen LogP contribution < -0.4 is 15.5 Å². The molecule has 2 amide bonds. The third kappa shape index (κ3) is 4.85. The number of anilines is 1. The van der Waals surface area contributed by atoms with E-state index in [0.717, 1.165) is 41.7 Å². The summed E-state index contributed by atoms with van der Waals surface area (Å²) < 4.78 is 0. The first-order valence-electron chi connectivity index (χ1n) is 9.99. The molecule has 5 nitrogen and oxygen atoms in total. The summed E-state index contributed by atoms with van der Waals surface area (Å²) in [5.41, 5.74) is 3.02. The molecule has 1 aromatic carbocycles. The van der Waals surface area contributed by atoms with E-state index in [1.165, 1.54) is 37.0 Å². The third-order valence-corrected chi connectivity index (χ3v) is 6.22. The molecule has 2 fully saturated rings. The molecule has 1 aliphatic heterocycles. The normalized spacial score (nSPS) is 25.2. The lowest BCUT2D eigenvalue weighted by molar-refractivity contribution is -0.902. The summed E-state index contributed by atoms with van der Waals surface area (Å²) in [7, 11) is 0. The Balaban J connectivity index is 1.41. The molecule has 142 valence electrons. The molecule has 0 spiro atoms. The smallest absolute Gasteiger partial charge is 0.275 e. The zero-order valence-electron chi connectivity index (χ0n) is 16.1. The van der Waals surface area contributed by atoms with Gasteiger partial charge in [0.25, 0.3) is 5.91 Å². The van der Waals surface area contributed by atoms with Gasteiger partial charge in [-0.05, 0) is 56.2 Å². The highest BCUT2D eigenvalue weighted by molar-refractivity contribution is 5.95. The molecule has 2 aliphatic rings. The quantitative estimate of drug-likeness (QED) is 0.746. The summed E-state index contributed by atoms with van der Waals surface area (Å²) in [6.45, 7) is 6.73. The Bertz CT molecular complexity index is 659. The van der Waals surface area contributed by atoms with E-state index in [4.69, 9.17) is 0 Å². The summed E-state index contributed by atoms with van der Waals surface area (Å²) in [4.78, 5) is 25.7. The highest BCUT2D eigenvalue weighted by atomic mass is 16.2. The minimum atomic E-state index is -0.173. The molecule has 3 rings (SSSR count). The van der Waals surface area contributed by atoms with E-state index in [1.807, 2.05) is 32.0 Å². The van der Waals surface area contributed by atoms with E-state index in [9.17, 15) is 9.59 Å². The average molecular weight is 359 g/mol. The van der Waals surface area contributed by atoms with Gasteiger partial charge in [-0.3, -0.25) is 9.59 Å². The molecule has 5 heteroatoms. The van der Waals surface area contributed by atoms with Crippen molar-refractivity contribution in [1.82, 2.24) is 5.32 Å². The summed E-state index contributed by atoms with van der Waals surface area (Å²) >= 11 is 0. The molecule has 1 heterocycles. The van der Waals surface area contributed by atoms with Gasteiger partial charge in [0.1, 0.15) is 0 Å². The Hall–Kier alpha value is -1.88. The molecule has 0 radical (unpaired) electrons. The van der Waals surface area contributed by atoms with Gasteiger partial charge < -0.3 is 15.5 Å². The number of rotatable bonds is 5. The number of hydrogen-bond acceptors (Lipinski definition) is 2. The molecule has 1 aromatic rings. The summed E-state index contributed by atoms with van der Waals surface area (Å²) in [5, 5.41) is 5.67. The Kier molecular flexibility index (Phi) is 6.30. The fourth-order valence-corrected chi connectivity index (χ4v) is 4.51. The number of amides is 2. The van der Waals surface area contributed by atoms with Crippen LogP contribution in [0.15, 0.2) is 18.2 Å². The van der Waals surface area contributed by atoms with Crippen LogP contribution in [0.3, 0.4) is 0 Å². The van der Waals surface area contributed by atoms with E-state index in [1.54, 1.807) is 0 Å². The number of carbonyl (C=O) groups is 2. The monoisotopic (exact) mass is 358 g/mol. The second-order valence-electron chi connectivity index (χ2n) is 8.05. The van der Waals surface area contributed by atoms with Crippen molar-refractivity contribution in [1.29, 1.82) is 0 Å². The van der Waals surface area contributed by atoms with Crippen molar-refractivity contribution in [3.05, 3.63) is 29.3 Å². The van der Waals surface area contributed by atoms with Crippen LogP contribution in [0.2, 0.25) is 0 Å². The molecule has 0 aromatic heterocycles. The standard InChI is InChI=1S/C21H31N3O2/c1-15-6-5-9-19(16(15)2)23-20(25)12-22-21(26)14-24-11-10-17-7-3-4-8-18(17)13-24/h5-6,9,17-18H,3-4,7-8,10-14H2,1-2H3,(H,22,26)(H,23,25)/p+1/t17-,18-/m1/s1. The number of carbonyl (C=O) groups excluding carboxylic acids is 2. The second-order valence-corrected chi connectivity index (χ2v) is 8.05. The van der Waals surface area contributed by atoms with Crippen LogP contribution in [-0.4, -0.2) is 38.0 Å². The molecule has 3 N–H and O–H groups in total. The van der Waals surface area contributed by atoms with Gasteiger partial charge >= 0.3 is 0 Å². The Morgan fingerprint density at radius 2 is 1.85 bits per heavy atom. The maximum Gasteiger partial charge on any atom is 0.275 e. The topological polar surface area (TPSA) is 62.6 Å². The minimum absolute atomic E-state index is 0.0228. The molecule has 3 atom stereocenters. The Morgan fingerprint density at radius 3 is 2.65 bits per heavy atom.